The van der Waals surface area contributed by atoms with Gasteiger partial charge in [-0.15, -0.1) is 0 Å². The number of hydrogen-bond acceptors (Lipinski definition) is 2. The highest BCUT2D eigenvalue weighted by Crippen LogP contribution is 2.23. The maximum absolute atomic E-state index is 13.7. The summed E-state index contributed by atoms with van der Waals surface area (Å²) in [4.78, 5) is 23.2. The molecule has 1 unspecified atom stereocenters. The van der Waals surface area contributed by atoms with Crippen LogP contribution in [0.2, 0.25) is 10.0 Å². The molecule has 1 aromatic rings. The van der Waals surface area contributed by atoms with Crippen molar-refractivity contribution >= 4 is 34.8 Å². The third kappa shape index (κ3) is 3.79. The first-order chi connectivity index (χ1) is 8.47. The topological polar surface area (TPSA) is 34.1 Å². The zero-order valence-electron chi connectivity index (χ0n) is 9.88. The van der Waals surface area contributed by atoms with Crippen LogP contribution in [0, 0.1) is 0 Å². The van der Waals surface area contributed by atoms with Crippen molar-refractivity contribution in [2.24, 2.45) is 0 Å². The molecule has 0 spiro atoms. The molecule has 2 nitrogen and oxygen atoms in total. The van der Waals surface area contributed by atoms with E-state index in [2.05, 4.69) is 0 Å². The van der Waals surface area contributed by atoms with Gasteiger partial charge < -0.3 is 0 Å². The lowest BCUT2D eigenvalue weighted by Gasteiger charge is -2.08. The molecule has 1 atom stereocenters. The van der Waals surface area contributed by atoms with Gasteiger partial charge in [-0.25, -0.2) is 4.39 Å². The Hall–Kier alpha value is -0.930. The fourth-order valence-corrected chi connectivity index (χ4v) is 1.95. The van der Waals surface area contributed by atoms with Crippen LogP contribution >= 0.6 is 23.2 Å². The maximum atomic E-state index is 13.7. The molecule has 1 rings (SSSR count). The summed E-state index contributed by atoms with van der Waals surface area (Å²) in [5.41, 5.74) is -0.0154. The summed E-state index contributed by atoms with van der Waals surface area (Å²) in [6.45, 7) is 1.89. The van der Waals surface area contributed by atoms with Gasteiger partial charge in [-0.1, -0.05) is 36.5 Å². The molecule has 0 aliphatic rings. The van der Waals surface area contributed by atoms with E-state index in [0.717, 1.165) is 6.42 Å². The van der Waals surface area contributed by atoms with E-state index < -0.39 is 17.7 Å². The van der Waals surface area contributed by atoms with Crippen LogP contribution in [0.25, 0.3) is 0 Å². The van der Waals surface area contributed by atoms with E-state index in [1.54, 1.807) is 0 Å². The Bertz CT molecular complexity index is 460. The van der Waals surface area contributed by atoms with Gasteiger partial charge in [0.2, 0.25) is 12.0 Å². The number of Topliss-reactive ketones (excluding diaryl/α,β-unsaturated/α-hetero) is 2. The molecular formula is C13H13Cl2FO2. The highest BCUT2D eigenvalue weighted by Gasteiger charge is 2.27. The molecule has 0 fully saturated rings. The summed E-state index contributed by atoms with van der Waals surface area (Å²) < 4.78 is 13.7. The van der Waals surface area contributed by atoms with Crippen LogP contribution in [0.5, 0.6) is 0 Å². The lowest BCUT2D eigenvalue weighted by Crippen LogP contribution is -2.26. The molecule has 0 aliphatic carbocycles. The van der Waals surface area contributed by atoms with Crippen molar-refractivity contribution in [1.29, 1.82) is 0 Å². The lowest BCUT2D eigenvalue weighted by molar-refractivity contribution is -0.122. The van der Waals surface area contributed by atoms with Gasteiger partial charge in [0, 0.05) is 17.0 Å². The monoisotopic (exact) mass is 290 g/mol. The summed E-state index contributed by atoms with van der Waals surface area (Å²) in [5, 5.41) is 0.405. The molecule has 0 N–H and O–H groups in total. The number of carbonyl (C=O) groups is 2. The molecule has 0 amide bonds. The number of unbranched alkanes of at least 4 members (excludes halogenated alkanes) is 1. The second kappa shape index (κ2) is 6.86. The fraction of sp³-hybridized carbons (Fsp3) is 0.385. The highest BCUT2D eigenvalue weighted by atomic mass is 35.5. The zero-order chi connectivity index (χ0) is 13.7. The molecule has 0 aliphatic heterocycles. The van der Waals surface area contributed by atoms with Gasteiger partial charge in [0.15, 0.2) is 5.78 Å². The summed E-state index contributed by atoms with van der Waals surface area (Å²) in [6, 6.07) is 4.11. The fourth-order valence-electron chi connectivity index (χ4n) is 1.45. The quantitative estimate of drug-likeness (QED) is 0.579. The van der Waals surface area contributed by atoms with Crippen LogP contribution in [-0.2, 0) is 4.79 Å². The average molecular weight is 291 g/mol. The third-order valence-corrected chi connectivity index (χ3v) is 3.03. The highest BCUT2D eigenvalue weighted by molar-refractivity contribution is 6.37. The first-order valence-electron chi connectivity index (χ1n) is 5.63. The summed E-state index contributed by atoms with van der Waals surface area (Å²) in [7, 11) is 0. The van der Waals surface area contributed by atoms with Gasteiger partial charge in [0.1, 0.15) is 0 Å². The molecule has 0 heterocycles. The van der Waals surface area contributed by atoms with Crippen molar-refractivity contribution in [1.82, 2.24) is 0 Å². The van der Waals surface area contributed by atoms with Gasteiger partial charge in [-0.05, 0) is 24.6 Å². The van der Waals surface area contributed by atoms with Crippen LogP contribution < -0.4 is 0 Å². The Morgan fingerprint density at radius 3 is 2.56 bits per heavy atom. The van der Waals surface area contributed by atoms with Crippen LogP contribution in [-0.4, -0.2) is 17.7 Å². The van der Waals surface area contributed by atoms with E-state index in [4.69, 9.17) is 23.2 Å². The number of halogens is 3. The predicted molar refractivity (Wildman–Crippen MR) is 70.2 cm³/mol. The largest absolute Gasteiger partial charge is 0.296 e. The van der Waals surface area contributed by atoms with E-state index >= 15 is 0 Å². The maximum Gasteiger partial charge on any atom is 0.220 e. The molecule has 0 bridgehead atoms. The van der Waals surface area contributed by atoms with Gasteiger partial charge >= 0.3 is 0 Å². The van der Waals surface area contributed by atoms with Gasteiger partial charge in [-0.2, -0.15) is 0 Å². The van der Waals surface area contributed by atoms with Crippen LogP contribution in [0.4, 0.5) is 4.39 Å². The van der Waals surface area contributed by atoms with E-state index in [1.165, 1.54) is 18.2 Å². The SMILES string of the molecule is CCCCC(=O)C(F)C(=O)c1ccc(Cl)cc1Cl. The minimum Gasteiger partial charge on any atom is -0.296 e. The Labute approximate surface area is 115 Å². The van der Waals surface area contributed by atoms with Crippen LogP contribution in [0.1, 0.15) is 36.5 Å². The van der Waals surface area contributed by atoms with Crippen molar-refractivity contribution < 1.29 is 14.0 Å². The minimum absolute atomic E-state index is 0.0154. The normalized spacial score (nSPS) is 12.2. The molecule has 0 radical (unpaired) electrons. The van der Waals surface area contributed by atoms with E-state index in [-0.39, 0.29) is 17.0 Å². The molecule has 18 heavy (non-hydrogen) atoms. The Morgan fingerprint density at radius 1 is 1.33 bits per heavy atom. The van der Waals surface area contributed by atoms with Gasteiger partial charge in [0.25, 0.3) is 0 Å². The Morgan fingerprint density at radius 2 is 2.00 bits per heavy atom. The predicted octanol–water partition coefficient (Wildman–Crippen LogP) is 4.27. The first-order valence-corrected chi connectivity index (χ1v) is 6.39. The van der Waals surface area contributed by atoms with Crippen molar-refractivity contribution in [3.05, 3.63) is 33.8 Å². The third-order valence-electron chi connectivity index (χ3n) is 2.49. The van der Waals surface area contributed by atoms with Crippen LogP contribution in [0.3, 0.4) is 0 Å². The van der Waals surface area contributed by atoms with E-state index in [9.17, 15) is 14.0 Å². The number of carbonyl (C=O) groups excluding carboxylic acids is 2. The summed E-state index contributed by atoms with van der Waals surface area (Å²) in [6.07, 6.45) is -0.737. The van der Waals surface area contributed by atoms with E-state index in [1.807, 2.05) is 6.92 Å². The zero-order valence-corrected chi connectivity index (χ0v) is 11.4. The first kappa shape index (κ1) is 15.1. The molecule has 98 valence electrons. The molecule has 5 heteroatoms. The molecule has 1 aromatic carbocycles. The number of hydrogen-bond donors (Lipinski definition) is 0. The Balaban J connectivity index is 2.83. The Kier molecular flexibility index (Phi) is 5.76. The van der Waals surface area contributed by atoms with Gasteiger partial charge in [-0.3, -0.25) is 9.59 Å². The van der Waals surface area contributed by atoms with Crippen molar-refractivity contribution in [2.75, 3.05) is 0 Å². The number of alkyl halides is 1. The lowest BCUT2D eigenvalue weighted by atomic mass is 10.0. The minimum atomic E-state index is -2.14. The molecule has 0 saturated heterocycles. The number of benzene rings is 1. The van der Waals surface area contributed by atoms with Crippen LogP contribution in [0.15, 0.2) is 18.2 Å². The van der Waals surface area contributed by atoms with E-state index in [0.29, 0.717) is 11.4 Å². The number of rotatable bonds is 6. The smallest absolute Gasteiger partial charge is 0.220 e. The molecule has 0 aromatic heterocycles. The standard InChI is InChI=1S/C13H13Cl2FO2/c1-2-3-4-11(17)12(16)13(18)9-6-5-8(14)7-10(9)15/h5-7,12H,2-4H2,1H3. The summed E-state index contributed by atoms with van der Waals surface area (Å²) in [5.74, 6) is -1.61. The second-order valence-corrected chi connectivity index (χ2v) is 4.76. The second-order valence-electron chi connectivity index (χ2n) is 3.92. The van der Waals surface area contributed by atoms with Crippen molar-refractivity contribution in [2.45, 2.75) is 32.4 Å². The van der Waals surface area contributed by atoms with Crippen molar-refractivity contribution in [3.8, 4) is 0 Å². The molecular weight excluding hydrogens is 278 g/mol. The number of ketones is 2. The molecule has 0 saturated carbocycles. The van der Waals surface area contributed by atoms with Gasteiger partial charge in [0.05, 0.1) is 5.02 Å². The van der Waals surface area contributed by atoms with Crippen molar-refractivity contribution in [3.63, 3.8) is 0 Å². The summed E-state index contributed by atoms with van der Waals surface area (Å²) >= 11 is 11.5. The average Bonchev–Trinajstić information content (AvgIpc) is 2.34.